The number of pyridine rings is 1. The summed E-state index contributed by atoms with van der Waals surface area (Å²) in [5, 5.41) is 7.62. The van der Waals surface area contributed by atoms with E-state index in [2.05, 4.69) is 36.2 Å². The van der Waals surface area contributed by atoms with Crippen molar-refractivity contribution in [2.45, 2.75) is 59.9 Å². The minimum absolute atomic E-state index is 0.0164. The summed E-state index contributed by atoms with van der Waals surface area (Å²) >= 11 is 0. The molecular formula is C20H30N4O. The molecule has 1 amide bonds. The van der Waals surface area contributed by atoms with Crippen molar-refractivity contribution in [2.75, 3.05) is 0 Å². The van der Waals surface area contributed by atoms with Gasteiger partial charge in [0.25, 0.3) is 0 Å². The second-order valence-corrected chi connectivity index (χ2v) is 7.94. The van der Waals surface area contributed by atoms with Gasteiger partial charge in [0.05, 0.1) is 11.7 Å². The number of hydrogen-bond donors (Lipinski definition) is 1. The predicted molar refractivity (Wildman–Crippen MR) is 100 cm³/mol. The van der Waals surface area contributed by atoms with Crippen LogP contribution in [0.3, 0.4) is 0 Å². The second-order valence-electron chi connectivity index (χ2n) is 7.94. The van der Waals surface area contributed by atoms with E-state index < -0.39 is 0 Å². The maximum absolute atomic E-state index is 12.6. The van der Waals surface area contributed by atoms with E-state index in [0.29, 0.717) is 12.8 Å². The van der Waals surface area contributed by atoms with Gasteiger partial charge in [0.2, 0.25) is 5.91 Å². The molecule has 1 atom stereocenters. The average molecular weight is 342 g/mol. The lowest BCUT2D eigenvalue weighted by atomic mass is 9.85. The van der Waals surface area contributed by atoms with Crippen LogP contribution in [-0.2, 0) is 18.3 Å². The molecule has 0 radical (unpaired) electrons. The van der Waals surface area contributed by atoms with Gasteiger partial charge < -0.3 is 5.32 Å². The lowest BCUT2D eigenvalue weighted by Gasteiger charge is -2.27. The zero-order valence-electron chi connectivity index (χ0n) is 16.3. The summed E-state index contributed by atoms with van der Waals surface area (Å²) in [5.41, 5.74) is 4.48. The van der Waals surface area contributed by atoms with E-state index in [0.717, 1.165) is 23.4 Å². The third kappa shape index (κ3) is 5.41. The normalized spacial score (nSPS) is 12.9. The van der Waals surface area contributed by atoms with Gasteiger partial charge >= 0.3 is 0 Å². The Morgan fingerprint density at radius 1 is 1.32 bits per heavy atom. The summed E-state index contributed by atoms with van der Waals surface area (Å²) in [5.74, 6) is 0.0701. The second kappa shape index (κ2) is 7.81. The zero-order valence-corrected chi connectivity index (χ0v) is 16.3. The summed E-state index contributed by atoms with van der Waals surface area (Å²) in [6.45, 7) is 10.6. The summed E-state index contributed by atoms with van der Waals surface area (Å²) in [6.07, 6.45) is 5.65. The molecule has 5 nitrogen and oxygen atoms in total. The van der Waals surface area contributed by atoms with Gasteiger partial charge in [-0.15, -0.1) is 0 Å². The molecule has 0 fully saturated rings. The quantitative estimate of drug-likeness (QED) is 0.871. The molecule has 0 aromatic carbocycles. The van der Waals surface area contributed by atoms with Crippen molar-refractivity contribution < 1.29 is 4.79 Å². The lowest BCUT2D eigenvalue weighted by Crippen LogP contribution is -2.31. The highest BCUT2D eigenvalue weighted by molar-refractivity contribution is 5.76. The van der Waals surface area contributed by atoms with Gasteiger partial charge in [0.15, 0.2) is 0 Å². The predicted octanol–water partition coefficient (Wildman–Crippen LogP) is 3.66. The van der Waals surface area contributed by atoms with E-state index in [9.17, 15) is 4.79 Å². The molecule has 0 aliphatic rings. The van der Waals surface area contributed by atoms with Gasteiger partial charge in [-0.25, -0.2) is 0 Å². The van der Waals surface area contributed by atoms with Crippen LogP contribution in [0.5, 0.6) is 0 Å². The van der Waals surface area contributed by atoms with Crippen LogP contribution in [0, 0.1) is 19.3 Å². The van der Waals surface area contributed by atoms with Crippen LogP contribution in [0.15, 0.2) is 24.5 Å². The highest BCUT2D eigenvalue weighted by Gasteiger charge is 2.22. The van der Waals surface area contributed by atoms with Crippen molar-refractivity contribution in [1.29, 1.82) is 0 Å². The smallest absolute Gasteiger partial charge is 0.220 e. The number of carbonyl (C=O) groups is 1. The molecule has 0 spiro atoms. The standard InChI is InChI=1S/C20H30N4O/c1-14-17(15(2)24(6)23-14)9-10-19(25)22-18(12-20(3,4)5)16-8-7-11-21-13-16/h7-8,11,13,18H,9-10,12H2,1-6H3,(H,22,25)/t18-/m0/s1. The van der Waals surface area contributed by atoms with Crippen LogP contribution in [0.25, 0.3) is 0 Å². The Balaban J connectivity index is 2.04. The Kier molecular flexibility index (Phi) is 5.98. The molecule has 0 aliphatic heterocycles. The maximum Gasteiger partial charge on any atom is 0.220 e. The molecule has 2 aromatic rings. The molecule has 0 saturated carbocycles. The fourth-order valence-electron chi connectivity index (χ4n) is 3.13. The summed E-state index contributed by atoms with van der Waals surface area (Å²) in [7, 11) is 1.94. The molecule has 136 valence electrons. The lowest BCUT2D eigenvalue weighted by molar-refractivity contribution is -0.122. The monoisotopic (exact) mass is 342 g/mol. The van der Waals surface area contributed by atoms with Crippen LogP contribution in [0.2, 0.25) is 0 Å². The van der Waals surface area contributed by atoms with E-state index >= 15 is 0 Å². The molecule has 5 heteroatoms. The van der Waals surface area contributed by atoms with Crippen LogP contribution < -0.4 is 5.32 Å². The van der Waals surface area contributed by atoms with Gasteiger partial charge in [0, 0.05) is 31.6 Å². The Bertz CT molecular complexity index is 713. The van der Waals surface area contributed by atoms with E-state index in [1.807, 2.05) is 43.9 Å². The molecule has 25 heavy (non-hydrogen) atoms. The van der Waals surface area contributed by atoms with Crippen LogP contribution in [-0.4, -0.2) is 20.7 Å². The molecule has 0 aliphatic carbocycles. The number of amides is 1. The van der Waals surface area contributed by atoms with Crippen LogP contribution >= 0.6 is 0 Å². The molecule has 2 heterocycles. The summed E-state index contributed by atoms with van der Waals surface area (Å²) in [4.78, 5) is 16.8. The Labute approximate surface area is 150 Å². The number of aryl methyl sites for hydroxylation is 2. The highest BCUT2D eigenvalue weighted by Crippen LogP contribution is 2.29. The van der Waals surface area contributed by atoms with Crippen molar-refractivity contribution in [3.8, 4) is 0 Å². The minimum atomic E-state index is -0.0164. The van der Waals surface area contributed by atoms with E-state index in [4.69, 9.17) is 0 Å². The Morgan fingerprint density at radius 3 is 2.56 bits per heavy atom. The highest BCUT2D eigenvalue weighted by atomic mass is 16.1. The maximum atomic E-state index is 12.6. The van der Waals surface area contributed by atoms with Crippen LogP contribution in [0.4, 0.5) is 0 Å². The third-order valence-electron chi connectivity index (χ3n) is 4.50. The number of nitrogens with one attached hydrogen (secondary N) is 1. The first-order chi connectivity index (χ1) is 11.7. The molecular weight excluding hydrogens is 312 g/mol. The van der Waals surface area contributed by atoms with E-state index in [1.54, 1.807) is 6.20 Å². The van der Waals surface area contributed by atoms with Crippen molar-refractivity contribution in [2.24, 2.45) is 12.5 Å². The van der Waals surface area contributed by atoms with E-state index in [1.165, 1.54) is 5.56 Å². The van der Waals surface area contributed by atoms with Crippen molar-refractivity contribution in [1.82, 2.24) is 20.1 Å². The molecule has 0 unspecified atom stereocenters. The molecule has 0 saturated heterocycles. The number of hydrogen-bond acceptors (Lipinski definition) is 3. The van der Waals surface area contributed by atoms with Gasteiger partial charge in [0.1, 0.15) is 0 Å². The minimum Gasteiger partial charge on any atom is -0.349 e. The Hall–Kier alpha value is -2.17. The van der Waals surface area contributed by atoms with Crippen LogP contribution in [0.1, 0.15) is 62.2 Å². The first kappa shape index (κ1) is 19.2. The number of carbonyl (C=O) groups excluding carboxylic acids is 1. The summed E-state index contributed by atoms with van der Waals surface area (Å²) < 4.78 is 1.88. The number of rotatable bonds is 6. The molecule has 1 N–H and O–H groups in total. The number of nitrogens with zero attached hydrogens (tertiary/aromatic N) is 3. The van der Waals surface area contributed by atoms with Gasteiger partial charge in [-0.05, 0) is 49.3 Å². The average Bonchev–Trinajstić information content (AvgIpc) is 2.77. The molecule has 2 aromatic heterocycles. The first-order valence-corrected chi connectivity index (χ1v) is 8.86. The van der Waals surface area contributed by atoms with E-state index in [-0.39, 0.29) is 17.4 Å². The fraction of sp³-hybridized carbons (Fsp3) is 0.550. The van der Waals surface area contributed by atoms with Gasteiger partial charge in [-0.1, -0.05) is 26.8 Å². The van der Waals surface area contributed by atoms with Crippen molar-refractivity contribution in [3.05, 3.63) is 47.0 Å². The first-order valence-electron chi connectivity index (χ1n) is 8.86. The van der Waals surface area contributed by atoms with Crippen molar-refractivity contribution in [3.63, 3.8) is 0 Å². The molecule has 0 bridgehead atoms. The van der Waals surface area contributed by atoms with Gasteiger partial charge in [-0.2, -0.15) is 5.10 Å². The fourth-order valence-corrected chi connectivity index (χ4v) is 3.13. The largest absolute Gasteiger partial charge is 0.349 e. The van der Waals surface area contributed by atoms with Gasteiger partial charge in [-0.3, -0.25) is 14.5 Å². The topological polar surface area (TPSA) is 59.8 Å². The molecule has 2 rings (SSSR count). The Morgan fingerprint density at radius 2 is 2.04 bits per heavy atom. The summed E-state index contributed by atoms with van der Waals surface area (Å²) in [6, 6.07) is 3.93. The van der Waals surface area contributed by atoms with Crippen molar-refractivity contribution >= 4 is 5.91 Å². The third-order valence-corrected chi connectivity index (χ3v) is 4.50. The SMILES string of the molecule is Cc1nn(C)c(C)c1CCC(=O)N[C@@H](CC(C)(C)C)c1cccnc1. The zero-order chi connectivity index (χ0) is 18.6. The number of aromatic nitrogens is 3.